The van der Waals surface area contributed by atoms with Crippen LogP contribution in [0.25, 0.3) is 22.3 Å². The van der Waals surface area contributed by atoms with Crippen LogP contribution in [-0.4, -0.2) is 39.6 Å². The van der Waals surface area contributed by atoms with Gasteiger partial charge in [0, 0.05) is 115 Å². The van der Waals surface area contributed by atoms with Crippen LogP contribution in [0.15, 0.2) is 146 Å². The van der Waals surface area contributed by atoms with Crippen molar-refractivity contribution in [2.45, 2.75) is 0 Å². The molecule has 4 aromatic carbocycles. The summed E-state index contributed by atoms with van der Waals surface area (Å²) in [5.74, 6) is 0. The van der Waals surface area contributed by atoms with Gasteiger partial charge in [0.15, 0.2) is 0 Å². The van der Waals surface area contributed by atoms with Crippen molar-refractivity contribution in [1.82, 2.24) is 19.9 Å². The maximum Gasteiger partial charge on any atom is 0.269 e. The first-order chi connectivity index (χ1) is 29.0. The summed E-state index contributed by atoms with van der Waals surface area (Å²) in [6.45, 7) is 0. The van der Waals surface area contributed by atoms with E-state index in [1.165, 1.54) is 48.5 Å². The van der Waals surface area contributed by atoms with E-state index in [4.69, 9.17) is 0 Å². The van der Waals surface area contributed by atoms with E-state index >= 15 is 0 Å². The Morgan fingerprint density at radius 1 is 0.267 bits per heavy atom. The molecule has 0 unspecified atom stereocenters. The second-order valence-corrected chi connectivity index (χ2v) is 13.9. The van der Waals surface area contributed by atoms with Crippen LogP contribution in [0.3, 0.4) is 0 Å². The van der Waals surface area contributed by atoms with Gasteiger partial charge in [0.2, 0.25) is 0 Å². The quantitative estimate of drug-likeness (QED) is 0.106. The number of H-pyrrole nitrogens is 4. The second-order valence-electron chi connectivity index (χ2n) is 13.9. The summed E-state index contributed by atoms with van der Waals surface area (Å²) in [6.07, 6.45) is 0. The molecule has 4 aromatic heterocycles. The lowest BCUT2D eigenvalue weighted by atomic mass is 10.0. The van der Waals surface area contributed by atoms with Gasteiger partial charge in [0.05, 0.1) is 19.7 Å². The zero-order valence-electron chi connectivity index (χ0n) is 30.9. The summed E-state index contributed by atoms with van der Waals surface area (Å²) >= 11 is 0. The number of fused-ring (bicyclic) bond motifs is 8. The fraction of sp³-hybridized carbons (Fsp3) is 0. The molecule has 4 N–H and O–H groups in total. The number of aromatic amines is 4. The van der Waals surface area contributed by atoms with E-state index in [0.29, 0.717) is 88.7 Å². The Labute approximate surface area is 336 Å². The average Bonchev–Trinajstić information content (AvgIpc) is 4.10. The smallest absolute Gasteiger partial charge is 0.269 e. The van der Waals surface area contributed by atoms with Crippen LogP contribution in [0.5, 0.6) is 0 Å². The predicted molar refractivity (Wildman–Crippen MR) is 221 cm³/mol. The molecule has 9 rings (SSSR count). The van der Waals surface area contributed by atoms with E-state index in [1.807, 2.05) is 48.5 Å². The Morgan fingerprint density at radius 3 is 0.650 bits per heavy atom. The number of nitro benzene ring substituents is 4. The van der Waals surface area contributed by atoms with Crippen molar-refractivity contribution >= 4 is 45.0 Å². The fourth-order valence-electron chi connectivity index (χ4n) is 7.57. The molecule has 0 saturated carbocycles. The molecule has 292 valence electrons. The molecule has 8 aromatic rings. The summed E-state index contributed by atoms with van der Waals surface area (Å²) in [6, 6.07) is 39.8. The molecular weight excluding hydrogens is 769 g/mol. The predicted octanol–water partition coefficient (Wildman–Crippen LogP) is 5.93. The van der Waals surface area contributed by atoms with Gasteiger partial charge < -0.3 is 19.9 Å². The van der Waals surface area contributed by atoms with Crippen LogP contribution >= 0.6 is 0 Å². The molecule has 5 heterocycles. The molecule has 0 spiro atoms. The first-order valence-electron chi connectivity index (χ1n) is 18.3. The van der Waals surface area contributed by atoms with E-state index in [0.717, 1.165) is 0 Å². The van der Waals surface area contributed by atoms with Crippen molar-refractivity contribution < 1.29 is 19.7 Å². The summed E-state index contributed by atoms with van der Waals surface area (Å²) in [5.41, 5.74) is 7.57. The van der Waals surface area contributed by atoms with Gasteiger partial charge in [-0.3, -0.25) is 40.5 Å². The second kappa shape index (κ2) is 14.5. The molecule has 16 heteroatoms. The lowest BCUT2D eigenvalue weighted by Crippen LogP contribution is -2.19. The molecule has 0 atom stereocenters. The Hall–Kier alpha value is -8.92. The molecule has 1 aliphatic rings. The summed E-state index contributed by atoms with van der Waals surface area (Å²) < 4.78 is 0. The molecule has 1 aliphatic heterocycles. The maximum absolute atomic E-state index is 11.6. The number of rotatable bonds is 8. The third-order valence-electron chi connectivity index (χ3n) is 10.4. The largest absolute Gasteiger partial charge is 0.354 e. The van der Waals surface area contributed by atoms with Gasteiger partial charge in [0.25, 0.3) is 22.7 Å². The Balaban J connectivity index is 1.40. The highest BCUT2D eigenvalue weighted by molar-refractivity contribution is 5.85. The maximum atomic E-state index is 11.6. The van der Waals surface area contributed by atoms with Crippen molar-refractivity contribution in [1.29, 1.82) is 0 Å². The van der Waals surface area contributed by atoms with Gasteiger partial charge in [-0.15, -0.1) is 0 Å². The Bertz CT molecular complexity index is 2870. The molecular formula is C44H28N8O8. The van der Waals surface area contributed by atoms with E-state index < -0.39 is 19.7 Å². The molecule has 0 radical (unpaired) electrons. The van der Waals surface area contributed by atoms with Gasteiger partial charge >= 0.3 is 0 Å². The van der Waals surface area contributed by atoms with Gasteiger partial charge in [-0.25, -0.2) is 0 Å². The van der Waals surface area contributed by atoms with Crippen molar-refractivity contribution in [3.05, 3.63) is 252 Å². The van der Waals surface area contributed by atoms with Crippen LogP contribution in [0.2, 0.25) is 0 Å². The Kier molecular flexibility index (Phi) is 8.90. The van der Waals surface area contributed by atoms with Crippen molar-refractivity contribution in [3.8, 4) is 0 Å². The fourth-order valence-corrected chi connectivity index (χ4v) is 7.57. The number of nitrogens with zero attached hydrogens (tertiary/aromatic N) is 4. The van der Waals surface area contributed by atoms with Crippen LogP contribution in [-0.2, 0) is 0 Å². The molecule has 0 saturated heterocycles. The van der Waals surface area contributed by atoms with Gasteiger partial charge in [0.1, 0.15) is 0 Å². The highest BCUT2D eigenvalue weighted by Crippen LogP contribution is 2.30. The zero-order chi connectivity index (χ0) is 41.7. The molecule has 0 fully saturated rings. The van der Waals surface area contributed by atoms with Gasteiger partial charge in [-0.1, -0.05) is 0 Å². The van der Waals surface area contributed by atoms with Crippen LogP contribution < -0.4 is 21.4 Å². The molecule has 8 bridgehead atoms. The number of non-ortho nitro benzene ring substituents is 4. The van der Waals surface area contributed by atoms with Crippen LogP contribution in [0, 0.1) is 40.5 Å². The summed E-state index contributed by atoms with van der Waals surface area (Å²) in [5, 5.41) is 49.1. The summed E-state index contributed by atoms with van der Waals surface area (Å²) in [4.78, 5) is 58.9. The normalized spacial score (nSPS) is 12.4. The van der Waals surface area contributed by atoms with E-state index in [9.17, 15) is 40.5 Å². The molecule has 16 nitrogen and oxygen atoms in total. The minimum atomic E-state index is -0.469. The van der Waals surface area contributed by atoms with Crippen LogP contribution in [0.1, 0.15) is 45.0 Å². The number of nitro groups is 4. The number of hydrogen-bond acceptors (Lipinski definition) is 8. The first-order valence-corrected chi connectivity index (χ1v) is 18.3. The SMILES string of the molecule is O=[N+]([O-])c1ccc(C2=c3ccc([nH]3)=C(c3ccc([N+](=O)[O-])cc3)c3ccc([nH]3)C(c3ccc([N+](=O)[O-])cc3)=c3ccc([nH]3)=C(c3ccc([N+](=O)[O-])cc3)c3ccc2[nH]3)cc1. The number of benzene rings is 4. The van der Waals surface area contributed by atoms with Crippen molar-refractivity contribution in [3.63, 3.8) is 0 Å². The van der Waals surface area contributed by atoms with Crippen LogP contribution in [0.4, 0.5) is 22.7 Å². The van der Waals surface area contributed by atoms with Crippen molar-refractivity contribution in [2.75, 3.05) is 0 Å². The first kappa shape index (κ1) is 36.7. The Morgan fingerprint density at radius 2 is 0.467 bits per heavy atom. The molecule has 0 amide bonds. The number of nitrogens with one attached hydrogen (secondary N) is 4. The standard InChI is InChI=1S/C44H28N8O8/c53-49(54)29-9-1-25(2-10-29)41-33-17-19-35(45-33)42(26-3-11-30(12-4-26)50(55)56)37-21-23-39(47-37)44(28-7-15-32(16-8-28)52(59)60)40-24-22-38(48-40)43(36-20-18-34(41)46-36)27-5-13-31(14-6-27)51(57)58/h1-24,45-48H. The topological polar surface area (TPSA) is 236 Å². The molecule has 0 aliphatic carbocycles. The zero-order valence-corrected chi connectivity index (χ0v) is 30.9. The highest BCUT2D eigenvalue weighted by Gasteiger charge is 2.20. The third kappa shape index (κ3) is 6.60. The van der Waals surface area contributed by atoms with E-state index in [2.05, 4.69) is 19.9 Å². The summed E-state index contributed by atoms with van der Waals surface area (Å²) in [7, 11) is 0. The number of hydrogen-bond donors (Lipinski definition) is 4. The minimum Gasteiger partial charge on any atom is -0.354 e. The minimum absolute atomic E-state index is 0.0792. The van der Waals surface area contributed by atoms with Gasteiger partial charge in [-0.05, 0) is 119 Å². The molecule has 60 heavy (non-hydrogen) atoms. The van der Waals surface area contributed by atoms with E-state index in [-0.39, 0.29) is 22.7 Å². The lowest BCUT2D eigenvalue weighted by Gasteiger charge is -2.10. The average molecular weight is 797 g/mol. The number of aromatic nitrogens is 4. The van der Waals surface area contributed by atoms with Crippen molar-refractivity contribution in [2.24, 2.45) is 0 Å². The lowest BCUT2D eigenvalue weighted by molar-refractivity contribution is -0.385. The monoisotopic (exact) mass is 796 g/mol. The van der Waals surface area contributed by atoms with Gasteiger partial charge in [-0.2, -0.15) is 0 Å². The highest BCUT2D eigenvalue weighted by atomic mass is 16.6. The van der Waals surface area contributed by atoms with E-state index in [1.54, 1.807) is 48.5 Å². The third-order valence-corrected chi connectivity index (χ3v) is 10.4.